The second kappa shape index (κ2) is 9.25. The van der Waals surface area contributed by atoms with Crippen LogP contribution in [0.25, 0.3) is 6.08 Å². The highest BCUT2D eigenvalue weighted by Crippen LogP contribution is 2.16. The van der Waals surface area contributed by atoms with E-state index >= 15 is 0 Å². The summed E-state index contributed by atoms with van der Waals surface area (Å²) in [7, 11) is 0. The number of carbonyl (C=O) groups is 1. The molecule has 1 amide bonds. The number of nitrogens with one attached hydrogen (secondary N) is 1. The van der Waals surface area contributed by atoms with E-state index in [0.29, 0.717) is 12.1 Å². The lowest BCUT2D eigenvalue weighted by atomic mass is 10.0. The molecule has 2 aromatic carbocycles. The van der Waals surface area contributed by atoms with Gasteiger partial charge in [0.1, 0.15) is 0 Å². The first kappa shape index (κ1) is 19.7. The first-order valence-corrected chi connectivity index (χ1v) is 9.18. The lowest BCUT2D eigenvalue weighted by molar-refractivity contribution is -0.117. The van der Waals surface area contributed by atoms with Crippen molar-refractivity contribution in [2.75, 3.05) is 13.1 Å². The van der Waals surface area contributed by atoms with Gasteiger partial charge in [0.15, 0.2) is 11.6 Å². The van der Waals surface area contributed by atoms with Crippen molar-refractivity contribution in [2.24, 2.45) is 0 Å². The van der Waals surface area contributed by atoms with Crippen molar-refractivity contribution < 1.29 is 13.6 Å². The highest BCUT2D eigenvalue weighted by atomic mass is 19.2. The molecule has 1 N–H and O–H groups in total. The third kappa shape index (κ3) is 5.48. The van der Waals surface area contributed by atoms with Crippen molar-refractivity contribution in [3.05, 3.63) is 76.9 Å². The second-order valence-corrected chi connectivity index (χ2v) is 6.87. The molecule has 1 aliphatic heterocycles. The Morgan fingerprint density at radius 3 is 2.50 bits per heavy atom. The summed E-state index contributed by atoms with van der Waals surface area (Å²) in [5.74, 6) is -1.81. The molecule has 4 nitrogen and oxygen atoms in total. The predicted molar refractivity (Wildman–Crippen MR) is 103 cm³/mol. The molecule has 1 saturated heterocycles. The van der Waals surface area contributed by atoms with Crippen molar-refractivity contribution in [3.8, 4) is 6.07 Å². The van der Waals surface area contributed by atoms with Gasteiger partial charge < -0.3 is 5.32 Å². The molecule has 144 valence electrons. The molecule has 1 fully saturated rings. The van der Waals surface area contributed by atoms with Crippen LogP contribution in [0.5, 0.6) is 0 Å². The average Bonchev–Trinajstić information content (AvgIpc) is 2.71. The van der Waals surface area contributed by atoms with Crippen molar-refractivity contribution >= 4 is 12.0 Å². The van der Waals surface area contributed by atoms with Gasteiger partial charge in [-0.25, -0.2) is 8.78 Å². The number of amides is 1. The lowest BCUT2D eigenvalue weighted by Gasteiger charge is -2.32. The molecule has 2 aromatic rings. The maximum absolute atomic E-state index is 13.3. The van der Waals surface area contributed by atoms with E-state index in [9.17, 15) is 13.6 Å². The number of nitriles is 1. The van der Waals surface area contributed by atoms with Crippen LogP contribution in [-0.2, 0) is 11.3 Å². The molecule has 0 bridgehead atoms. The van der Waals surface area contributed by atoms with Crippen LogP contribution in [0.2, 0.25) is 0 Å². The summed E-state index contributed by atoms with van der Waals surface area (Å²) in [5, 5.41) is 11.8. The van der Waals surface area contributed by atoms with Crippen molar-refractivity contribution in [1.29, 1.82) is 5.26 Å². The zero-order chi connectivity index (χ0) is 19.9. The van der Waals surface area contributed by atoms with Gasteiger partial charge >= 0.3 is 0 Å². The first-order chi connectivity index (χ1) is 13.5. The fraction of sp³-hybridized carbons (Fsp3) is 0.273. The van der Waals surface area contributed by atoms with E-state index in [1.165, 1.54) is 12.1 Å². The van der Waals surface area contributed by atoms with E-state index in [0.717, 1.165) is 43.1 Å². The van der Waals surface area contributed by atoms with E-state index in [2.05, 4.69) is 16.3 Å². The maximum atomic E-state index is 13.3. The fourth-order valence-corrected chi connectivity index (χ4v) is 3.22. The third-order valence-electron chi connectivity index (χ3n) is 4.79. The normalized spacial score (nSPS) is 15.5. The molecule has 0 saturated carbocycles. The van der Waals surface area contributed by atoms with E-state index < -0.39 is 11.6 Å². The van der Waals surface area contributed by atoms with Gasteiger partial charge in [-0.3, -0.25) is 9.69 Å². The van der Waals surface area contributed by atoms with Crippen LogP contribution >= 0.6 is 0 Å². The van der Waals surface area contributed by atoms with Gasteiger partial charge in [0.25, 0.3) is 0 Å². The van der Waals surface area contributed by atoms with Gasteiger partial charge in [0, 0.05) is 31.8 Å². The standard InChI is InChI=1S/C22H21F2N3O/c23-20-7-5-18(13-21(20)24)15-27-11-9-19(10-12-27)26-22(28)8-6-16-1-3-17(14-25)4-2-16/h1-8,13,19H,9-12,15H2,(H,26,28)/b8-6-. The summed E-state index contributed by atoms with van der Waals surface area (Å²) in [6.07, 6.45) is 4.82. The Morgan fingerprint density at radius 2 is 1.86 bits per heavy atom. The summed E-state index contributed by atoms with van der Waals surface area (Å²) >= 11 is 0. The van der Waals surface area contributed by atoms with Crippen LogP contribution in [0.3, 0.4) is 0 Å². The Balaban J connectivity index is 1.44. The molecule has 0 aliphatic carbocycles. The van der Waals surface area contributed by atoms with Crippen LogP contribution in [0, 0.1) is 23.0 Å². The monoisotopic (exact) mass is 381 g/mol. The minimum Gasteiger partial charge on any atom is -0.350 e. The molecular weight excluding hydrogens is 360 g/mol. The van der Waals surface area contributed by atoms with Gasteiger partial charge in [0.05, 0.1) is 11.6 Å². The first-order valence-electron chi connectivity index (χ1n) is 9.18. The molecule has 3 rings (SSSR count). The zero-order valence-corrected chi connectivity index (χ0v) is 15.4. The molecule has 0 atom stereocenters. The summed E-state index contributed by atoms with van der Waals surface area (Å²) in [6, 6.07) is 13.1. The van der Waals surface area contributed by atoms with Gasteiger partial charge in [-0.05, 0) is 54.3 Å². The number of rotatable bonds is 5. The smallest absolute Gasteiger partial charge is 0.244 e. The molecule has 1 aliphatic rings. The van der Waals surface area contributed by atoms with E-state index in [1.54, 1.807) is 36.4 Å². The van der Waals surface area contributed by atoms with E-state index in [1.807, 2.05) is 0 Å². The molecule has 1 heterocycles. The van der Waals surface area contributed by atoms with Gasteiger partial charge in [-0.15, -0.1) is 0 Å². The minimum atomic E-state index is -0.834. The second-order valence-electron chi connectivity index (χ2n) is 6.87. The molecule has 28 heavy (non-hydrogen) atoms. The number of hydrogen-bond donors (Lipinski definition) is 1. The fourth-order valence-electron chi connectivity index (χ4n) is 3.22. The average molecular weight is 381 g/mol. The number of hydrogen-bond acceptors (Lipinski definition) is 3. The summed E-state index contributed by atoms with van der Waals surface area (Å²) in [6.45, 7) is 2.13. The number of likely N-dealkylation sites (tertiary alicyclic amines) is 1. The zero-order valence-electron chi connectivity index (χ0n) is 15.4. The Hall–Kier alpha value is -3.04. The van der Waals surface area contributed by atoms with E-state index in [4.69, 9.17) is 5.26 Å². The Morgan fingerprint density at radius 1 is 1.14 bits per heavy atom. The minimum absolute atomic E-state index is 0.0966. The van der Waals surface area contributed by atoms with Gasteiger partial charge in [-0.1, -0.05) is 18.2 Å². The molecule has 0 aromatic heterocycles. The predicted octanol–water partition coefficient (Wildman–Crippen LogP) is 3.63. The van der Waals surface area contributed by atoms with Crippen LogP contribution in [-0.4, -0.2) is 29.9 Å². The van der Waals surface area contributed by atoms with Crippen LogP contribution in [0.4, 0.5) is 8.78 Å². The highest BCUT2D eigenvalue weighted by Gasteiger charge is 2.20. The van der Waals surface area contributed by atoms with Gasteiger partial charge in [-0.2, -0.15) is 5.26 Å². The number of benzene rings is 2. The maximum Gasteiger partial charge on any atom is 0.244 e. The Kier molecular flexibility index (Phi) is 6.51. The topological polar surface area (TPSA) is 56.1 Å². The van der Waals surface area contributed by atoms with Crippen LogP contribution < -0.4 is 5.32 Å². The highest BCUT2D eigenvalue weighted by molar-refractivity contribution is 5.91. The van der Waals surface area contributed by atoms with Crippen LogP contribution in [0.15, 0.2) is 48.5 Å². The van der Waals surface area contributed by atoms with Crippen molar-refractivity contribution in [3.63, 3.8) is 0 Å². The quantitative estimate of drug-likeness (QED) is 0.805. The molecular formula is C22H21F2N3O. The number of piperidine rings is 1. The van der Waals surface area contributed by atoms with Gasteiger partial charge in [0.2, 0.25) is 5.91 Å². The van der Waals surface area contributed by atoms with Crippen LogP contribution in [0.1, 0.15) is 29.5 Å². The summed E-state index contributed by atoms with van der Waals surface area (Å²) in [4.78, 5) is 14.3. The Bertz CT molecular complexity index is 895. The molecule has 0 radical (unpaired) electrons. The SMILES string of the molecule is N#Cc1ccc(/C=C\C(=O)NC2CCN(Cc3ccc(F)c(F)c3)CC2)cc1. The lowest BCUT2D eigenvalue weighted by Crippen LogP contribution is -2.43. The largest absolute Gasteiger partial charge is 0.350 e. The third-order valence-corrected chi connectivity index (χ3v) is 4.79. The van der Waals surface area contributed by atoms with Crippen molar-refractivity contribution in [1.82, 2.24) is 10.2 Å². The Labute approximate surface area is 163 Å². The molecule has 0 unspecified atom stereocenters. The number of nitrogens with zero attached hydrogens (tertiary/aromatic N) is 2. The summed E-state index contributed by atoms with van der Waals surface area (Å²) < 4.78 is 26.3. The van der Waals surface area contributed by atoms with E-state index in [-0.39, 0.29) is 11.9 Å². The van der Waals surface area contributed by atoms with Crippen molar-refractivity contribution in [2.45, 2.75) is 25.4 Å². The number of carbonyl (C=O) groups excluding carboxylic acids is 1. The summed E-state index contributed by atoms with van der Waals surface area (Å²) in [5.41, 5.74) is 2.18. The number of halogens is 2. The molecule has 0 spiro atoms. The molecule has 6 heteroatoms.